The zero-order chi connectivity index (χ0) is 17.0. The summed E-state index contributed by atoms with van der Waals surface area (Å²) in [6.07, 6.45) is 0. The van der Waals surface area contributed by atoms with Crippen molar-refractivity contribution in [1.82, 2.24) is 5.32 Å². The fourth-order valence-electron chi connectivity index (χ4n) is 2.26. The third kappa shape index (κ3) is 3.85. The number of hydrogen-bond donors (Lipinski definition) is 1. The van der Waals surface area contributed by atoms with Crippen LogP contribution < -0.4 is 10.1 Å². The molecule has 2 aromatic rings. The lowest BCUT2D eigenvalue weighted by molar-refractivity contribution is -0.385. The van der Waals surface area contributed by atoms with Crippen LogP contribution in [0.2, 0.25) is 0 Å². The molecule has 1 amide bonds. The molecule has 120 valence electrons. The lowest BCUT2D eigenvalue weighted by atomic mass is 10.1. The van der Waals surface area contributed by atoms with Crippen LogP contribution in [0.3, 0.4) is 0 Å². The van der Waals surface area contributed by atoms with E-state index in [1.54, 1.807) is 14.0 Å². The number of nitro benzene ring substituents is 1. The highest BCUT2D eigenvalue weighted by atomic mass is 16.6. The zero-order valence-corrected chi connectivity index (χ0v) is 13.2. The lowest BCUT2D eigenvalue weighted by Gasteiger charge is -2.15. The molecule has 6 heteroatoms. The number of aryl methyl sites for hydroxylation is 1. The molecule has 0 spiro atoms. The predicted molar refractivity (Wildman–Crippen MR) is 86.7 cm³/mol. The van der Waals surface area contributed by atoms with Gasteiger partial charge < -0.3 is 10.1 Å². The van der Waals surface area contributed by atoms with Gasteiger partial charge >= 0.3 is 0 Å². The summed E-state index contributed by atoms with van der Waals surface area (Å²) >= 11 is 0. The van der Waals surface area contributed by atoms with E-state index in [1.165, 1.54) is 18.2 Å². The maximum atomic E-state index is 12.3. The molecule has 0 unspecified atom stereocenters. The first-order chi connectivity index (χ1) is 10.9. The SMILES string of the molecule is COc1ccc([C@H](C)NC(=O)c2ccc([N+](=O)[O-])c(C)c2)cc1. The van der Waals surface area contributed by atoms with E-state index in [9.17, 15) is 14.9 Å². The second-order valence-corrected chi connectivity index (χ2v) is 5.23. The van der Waals surface area contributed by atoms with E-state index >= 15 is 0 Å². The molecule has 0 bridgehead atoms. The van der Waals surface area contributed by atoms with E-state index in [4.69, 9.17) is 4.74 Å². The van der Waals surface area contributed by atoms with Crippen molar-refractivity contribution < 1.29 is 14.5 Å². The Bertz CT molecular complexity index is 726. The van der Waals surface area contributed by atoms with Gasteiger partial charge in [0.25, 0.3) is 11.6 Å². The molecule has 23 heavy (non-hydrogen) atoms. The summed E-state index contributed by atoms with van der Waals surface area (Å²) in [6.45, 7) is 3.49. The fraction of sp³-hybridized carbons (Fsp3) is 0.235. The van der Waals surface area contributed by atoms with Gasteiger partial charge in [0.15, 0.2) is 0 Å². The number of nitrogens with zero attached hydrogens (tertiary/aromatic N) is 1. The molecule has 0 aromatic heterocycles. The topological polar surface area (TPSA) is 81.5 Å². The number of amides is 1. The highest BCUT2D eigenvalue weighted by molar-refractivity contribution is 5.95. The van der Waals surface area contributed by atoms with Gasteiger partial charge in [0, 0.05) is 17.2 Å². The summed E-state index contributed by atoms with van der Waals surface area (Å²) in [5, 5.41) is 13.7. The number of ether oxygens (including phenoxy) is 1. The molecule has 1 N–H and O–H groups in total. The third-order valence-electron chi connectivity index (χ3n) is 3.62. The molecule has 6 nitrogen and oxygen atoms in total. The fourth-order valence-corrected chi connectivity index (χ4v) is 2.26. The number of hydrogen-bond acceptors (Lipinski definition) is 4. The minimum absolute atomic E-state index is 0.00440. The largest absolute Gasteiger partial charge is 0.497 e. The summed E-state index contributed by atoms with van der Waals surface area (Å²) in [4.78, 5) is 22.6. The molecule has 0 saturated heterocycles. The van der Waals surface area contributed by atoms with Gasteiger partial charge in [-0.1, -0.05) is 12.1 Å². The smallest absolute Gasteiger partial charge is 0.272 e. The average molecular weight is 314 g/mol. The summed E-state index contributed by atoms with van der Waals surface area (Å²) in [5.41, 5.74) is 1.80. The van der Waals surface area contributed by atoms with E-state index in [0.29, 0.717) is 11.1 Å². The normalized spacial score (nSPS) is 11.6. The second-order valence-electron chi connectivity index (χ2n) is 5.23. The number of methoxy groups -OCH3 is 1. The van der Waals surface area contributed by atoms with E-state index in [0.717, 1.165) is 11.3 Å². The average Bonchev–Trinajstić information content (AvgIpc) is 2.54. The van der Waals surface area contributed by atoms with Crippen LogP contribution in [-0.2, 0) is 0 Å². The Balaban J connectivity index is 2.11. The molecule has 2 rings (SSSR count). The van der Waals surface area contributed by atoms with Crippen LogP contribution in [0.15, 0.2) is 42.5 Å². The maximum Gasteiger partial charge on any atom is 0.272 e. The first-order valence-electron chi connectivity index (χ1n) is 7.12. The van der Waals surface area contributed by atoms with Gasteiger partial charge in [-0.25, -0.2) is 0 Å². The van der Waals surface area contributed by atoms with Gasteiger partial charge in [0.1, 0.15) is 5.75 Å². The Hall–Kier alpha value is -2.89. The van der Waals surface area contributed by atoms with E-state index in [2.05, 4.69) is 5.32 Å². The quantitative estimate of drug-likeness (QED) is 0.677. The summed E-state index contributed by atoms with van der Waals surface area (Å²) in [7, 11) is 1.59. The molecular formula is C17H18N2O4. The number of rotatable bonds is 5. The van der Waals surface area contributed by atoms with Crippen molar-refractivity contribution in [2.45, 2.75) is 19.9 Å². The van der Waals surface area contributed by atoms with Gasteiger partial charge in [-0.15, -0.1) is 0 Å². The Labute approximate surface area is 134 Å². The number of carbonyl (C=O) groups is 1. The number of benzene rings is 2. The molecule has 0 heterocycles. The zero-order valence-electron chi connectivity index (χ0n) is 13.2. The Morgan fingerprint density at radius 2 is 1.87 bits per heavy atom. The van der Waals surface area contributed by atoms with Crippen molar-refractivity contribution in [2.24, 2.45) is 0 Å². The predicted octanol–water partition coefficient (Wildman–Crippen LogP) is 3.40. The first kappa shape index (κ1) is 16.5. The Morgan fingerprint density at radius 3 is 2.39 bits per heavy atom. The maximum absolute atomic E-state index is 12.3. The second kappa shape index (κ2) is 6.91. The summed E-state index contributed by atoms with van der Waals surface area (Å²) in [5.74, 6) is 0.476. The first-order valence-corrected chi connectivity index (χ1v) is 7.12. The molecule has 1 atom stereocenters. The summed E-state index contributed by atoms with van der Waals surface area (Å²) in [6, 6.07) is 11.6. The monoisotopic (exact) mass is 314 g/mol. The van der Waals surface area contributed by atoms with Crippen molar-refractivity contribution in [3.63, 3.8) is 0 Å². The van der Waals surface area contributed by atoms with Gasteiger partial charge in [0.2, 0.25) is 0 Å². The van der Waals surface area contributed by atoms with Crippen LogP contribution in [0.5, 0.6) is 5.75 Å². The number of carbonyl (C=O) groups excluding carboxylic acids is 1. The van der Waals surface area contributed by atoms with Gasteiger partial charge in [0.05, 0.1) is 18.1 Å². The van der Waals surface area contributed by atoms with Gasteiger partial charge in [-0.05, 0) is 43.7 Å². The van der Waals surface area contributed by atoms with E-state index < -0.39 is 4.92 Å². The highest BCUT2D eigenvalue weighted by Crippen LogP contribution is 2.20. The van der Waals surface area contributed by atoms with E-state index in [1.807, 2.05) is 31.2 Å². The van der Waals surface area contributed by atoms with Crippen LogP contribution in [0.1, 0.15) is 34.5 Å². The van der Waals surface area contributed by atoms with Crippen molar-refractivity contribution in [3.8, 4) is 5.75 Å². The van der Waals surface area contributed by atoms with Crippen LogP contribution in [0.4, 0.5) is 5.69 Å². The number of nitrogens with one attached hydrogen (secondary N) is 1. The van der Waals surface area contributed by atoms with Crippen molar-refractivity contribution in [2.75, 3.05) is 7.11 Å². The lowest BCUT2D eigenvalue weighted by Crippen LogP contribution is -2.26. The molecule has 2 aromatic carbocycles. The molecule has 0 aliphatic rings. The standard InChI is InChI=1S/C17H18N2O4/c1-11-10-14(6-9-16(11)19(21)22)17(20)18-12(2)13-4-7-15(23-3)8-5-13/h4-10,12H,1-3H3,(H,18,20)/t12-/m0/s1. The van der Waals surface area contributed by atoms with Crippen molar-refractivity contribution in [3.05, 3.63) is 69.3 Å². The van der Waals surface area contributed by atoms with Crippen LogP contribution in [0.25, 0.3) is 0 Å². The van der Waals surface area contributed by atoms with Crippen LogP contribution in [0, 0.1) is 17.0 Å². The molecule has 0 radical (unpaired) electrons. The molecule has 0 saturated carbocycles. The minimum Gasteiger partial charge on any atom is -0.497 e. The van der Waals surface area contributed by atoms with Crippen molar-refractivity contribution >= 4 is 11.6 Å². The van der Waals surface area contributed by atoms with Gasteiger partial charge in [-0.2, -0.15) is 0 Å². The van der Waals surface area contributed by atoms with Crippen molar-refractivity contribution in [1.29, 1.82) is 0 Å². The number of nitro groups is 1. The Kier molecular flexibility index (Phi) is 4.95. The molecule has 0 aliphatic heterocycles. The van der Waals surface area contributed by atoms with E-state index in [-0.39, 0.29) is 17.6 Å². The van der Waals surface area contributed by atoms with Crippen LogP contribution in [-0.4, -0.2) is 17.9 Å². The highest BCUT2D eigenvalue weighted by Gasteiger charge is 2.15. The van der Waals surface area contributed by atoms with Gasteiger partial charge in [-0.3, -0.25) is 14.9 Å². The Morgan fingerprint density at radius 1 is 1.22 bits per heavy atom. The third-order valence-corrected chi connectivity index (χ3v) is 3.62. The molecular weight excluding hydrogens is 296 g/mol. The minimum atomic E-state index is -0.461. The summed E-state index contributed by atoms with van der Waals surface area (Å²) < 4.78 is 5.10. The molecule has 0 fully saturated rings. The van der Waals surface area contributed by atoms with Crippen LogP contribution >= 0.6 is 0 Å². The molecule has 0 aliphatic carbocycles.